The summed E-state index contributed by atoms with van der Waals surface area (Å²) in [4.78, 5) is 39.0. The zero-order chi connectivity index (χ0) is 27.3. The number of aliphatic carboxylic acids is 1. The smallest absolute Gasteiger partial charge is 0.415 e. The van der Waals surface area contributed by atoms with Gasteiger partial charge in [0.05, 0.1) is 4.90 Å². The minimum absolute atomic E-state index is 0.0233. The van der Waals surface area contributed by atoms with Crippen LogP contribution in [0, 0.1) is 6.92 Å². The van der Waals surface area contributed by atoms with E-state index in [-0.39, 0.29) is 17.9 Å². The lowest BCUT2D eigenvalue weighted by Crippen LogP contribution is -2.51. The monoisotopic (exact) mass is 544 g/mol. The number of hydrogen-bond donors (Lipinski definition) is 3. The number of piperazine rings is 1. The minimum atomic E-state index is -3.91. The van der Waals surface area contributed by atoms with Gasteiger partial charge in [-0.25, -0.2) is 18.0 Å². The van der Waals surface area contributed by atoms with E-state index >= 15 is 0 Å². The molecule has 2 amide bonds. The molecule has 2 aromatic rings. The van der Waals surface area contributed by atoms with Crippen LogP contribution in [0.1, 0.15) is 24.0 Å². The van der Waals surface area contributed by atoms with Gasteiger partial charge in [-0.2, -0.15) is 4.31 Å². The number of hydrogen-bond acceptors (Lipinski definition) is 7. The molecule has 3 N–H and O–H groups in total. The summed E-state index contributed by atoms with van der Waals surface area (Å²) in [6.45, 7) is 4.55. The Labute approximate surface area is 221 Å². The van der Waals surface area contributed by atoms with Crippen LogP contribution < -0.4 is 15.4 Å². The highest BCUT2D eigenvalue weighted by molar-refractivity contribution is 7.89. The first-order valence-electron chi connectivity index (χ1n) is 12.5. The highest BCUT2D eigenvalue weighted by atomic mass is 32.2. The Bertz CT molecular complexity index is 1260. The minimum Gasteiger partial charge on any atom is -0.480 e. The van der Waals surface area contributed by atoms with Gasteiger partial charge in [-0.3, -0.25) is 4.79 Å². The lowest BCUT2D eigenvalue weighted by Gasteiger charge is -2.26. The van der Waals surface area contributed by atoms with E-state index in [1.54, 1.807) is 41.3 Å². The standard InChI is InChI=1S/C26H32N4O7S/c1-18-4-10-21(11-5-18)38(35,36)30-14-2-3-23(30)24(31)28-22(25(32)33)17-19-6-8-20(9-7-19)37-26(34)29-15-12-27-13-16-29/h4-11,22-23,27H,2-3,12-17H2,1H3,(H,28,31)(H,32,33)/t22-,23-/m0/s1. The molecule has 2 saturated heterocycles. The molecule has 4 rings (SSSR count). The fourth-order valence-electron chi connectivity index (χ4n) is 4.55. The van der Waals surface area contributed by atoms with Crippen molar-refractivity contribution in [2.45, 2.75) is 43.2 Å². The van der Waals surface area contributed by atoms with E-state index in [9.17, 15) is 27.9 Å². The van der Waals surface area contributed by atoms with Crippen molar-refractivity contribution >= 4 is 28.0 Å². The average Bonchev–Trinajstić information content (AvgIpc) is 3.41. The lowest BCUT2D eigenvalue weighted by molar-refractivity contribution is -0.142. The number of carbonyl (C=O) groups excluding carboxylic acids is 2. The number of carboxylic acid groups (broad SMARTS) is 1. The van der Waals surface area contributed by atoms with Crippen LogP contribution in [0.3, 0.4) is 0 Å². The van der Waals surface area contributed by atoms with E-state index in [1.165, 1.54) is 12.1 Å². The lowest BCUT2D eigenvalue weighted by atomic mass is 10.1. The second-order valence-electron chi connectivity index (χ2n) is 9.44. The molecule has 204 valence electrons. The largest absolute Gasteiger partial charge is 0.480 e. The van der Waals surface area contributed by atoms with Gasteiger partial charge in [0.2, 0.25) is 15.9 Å². The van der Waals surface area contributed by atoms with E-state index in [0.717, 1.165) is 9.87 Å². The van der Waals surface area contributed by atoms with E-state index in [0.29, 0.717) is 50.3 Å². The van der Waals surface area contributed by atoms with Crippen molar-refractivity contribution < 1.29 is 32.6 Å². The molecule has 2 heterocycles. The van der Waals surface area contributed by atoms with Gasteiger partial charge in [-0.05, 0) is 49.6 Å². The van der Waals surface area contributed by atoms with Crippen LogP contribution in [0.15, 0.2) is 53.4 Å². The molecule has 0 unspecified atom stereocenters. The highest BCUT2D eigenvalue weighted by Crippen LogP contribution is 2.26. The van der Waals surface area contributed by atoms with Gasteiger partial charge >= 0.3 is 12.1 Å². The number of benzene rings is 2. The molecular formula is C26H32N4O7S. The number of carboxylic acids is 1. The molecule has 2 aromatic carbocycles. The summed E-state index contributed by atoms with van der Waals surface area (Å²) in [6, 6.07) is 10.5. The summed E-state index contributed by atoms with van der Waals surface area (Å²) in [6.07, 6.45) is 0.326. The van der Waals surface area contributed by atoms with Crippen molar-refractivity contribution in [2.75, 3.05) is 32.7 Å². The van der Waals surface area contributed by atoms with Gasteiger partial charge in [0, 0.05) is 39.1 Å². The zero-order valence-electron chi connectivity index (χ0n) is 21.1. The van der Waals surface area contributed by atoms with Crippen molar-refractivity contribution in [2.24, 2.45) is 0 Å². The van der Waals surface area contributed by atoms with Crippen LogP contribution >= 0.6 is 0 Å². The molecule has 0 saturated carbocycles. The second-order valence-corrected chi connectivity index (χ2v) is 11.3. The van der Waals surface area contributed by atoms with E-state index in [1.807, 2.05) is 6.92 Å². The number of sulfonamides is 1. The Kier molecular flexibility index (Phi) is 8.65. The fourth-order valence-corrected chi connectivity index (χ4v) is 6.20. The van der Waals surface area contributed by atoms with Crippen LogP contribution in [-0.4, -0.2) is 85.5 Å². The second kappa shape index (κ2) is 11.9. The number of nitrogens with zero attached hydrogens (tertiary/aromatic N) is 2. The molecule has 0 bridgehead atoms. The number of carbonyl (C=O) groups is 3. The summed E-state index contributed by atoms with van der Waals surface area (Å²) in [5.74, 6) is -1.55. The van der Waals surface area contributed by atoms with E-state index in [4.69, 9.17) is 4.74 Å². The summed E-state index contributed by atoms with van der Waals surface area (Å²) in [5, 5.41) is 15.4. The van der Waals surface area contributed by atoms with Crippen molar-refractivity contribution in [3.63, 3.8) is 0 Å². The van der Waals surface area contributed by atoms with Crippen LogP contribution in [0.2, 0.25) is 0 Å². The summed E-state index contributed by atoms with van der Waals surface area (Å²) in [7, 11) is -3.91. The molecule has 0 aromatic heterocycles. The summed E-state index contributed by atoms with van der Waals surface area (Å²) in [5.41, 5.74) is 1.52. The van der Waals surface area contributed by atoms with Gasteiger partial charge in [0.25, 0.3) is 0 Å². The van der Waals surface area contributed by atoms with Gasteiger partial charge in [0.1, 0.15) is 17.8 Å². The van der Waals surface area contributed by atoms with Crippen molar-refractivity contribution in [3.05, 3.63) is 59.7 Å². The summed E-state index contributed by atoms with van der Waals surface area (Å²) >= 11 is 0. The molecule has 38 heavy (non-hydrogen) atoms. The molecule has 2 atom stereocenters. The highest BCUT2D eigenvalue weighted by Gasteiger charge is 2.40. The van der Waals surface area contributed by atoms with Gasteiger partial charge < -0.3 is 25.4 Å². The SMILES string of the molecule is Cc1ccc(S(=O)(=O)N2CCC[C@H]2C(=O)N[C@@H](Cc2ccc(OC(=O)N3CCNCC3)cc2)C(=O)O)cc1. The number of aryl methyl sites for hydroxylation is 1. The van der Waals surface area contributed by atoms with Crippen LogP contribution in [0.4, 0.5) is 4.79 Å². The molecule has 0 aliphatic carbocycles. The number of rotatable bonds is 8. The summed E-state index contributed by atoms with van der Waals surface area (Å²) < 4.78 is 32.9. The third-order valence-corrected chi connectivity index (χ3v) is 8.61. The molecule has 2 aliphatic heterocycles. The van der Waals surface area contributed by atoms with Gasteiger partial charge in [-0.15, -0.1) is 0 Å². The number of ether oxygens (including phenoxy) is 1. The van der Waals surface area contributed by atoms with Gasteiger partial charge in [0.15, 0.2) is 0 Å². The third kappa shape index (κ3) is 6.50. The Hall–Kier alpha value is -3.48. The van der Waals surface area contributed by atoms with Crippen molar-refractivity contribution in [1.82, 2.24) is 19.8 Å². The number of nitrogens with one attached hydrogen (secondary N) is 2. The molecule has 11 nitrogen and oxygen atoms in total. The average molecular weight is 545 g/mol. The van der Waals surface area contributed by atoms with Crippen LogP contribution in [0.25, 0.3) is 0 Å². The quantitative estimate of drug-likeness (QED) is 0.452. The molecule has 2 fully saturated rings. The van der Waals surface area contributed by atoms with E-state index < -0.39 is 40.1 Å². The molecule has 0 spiro atoms. The molecule has 2 aliphatic rings. The maximum absolute atomic E-state index is 13.2. The van der Waals surface area contributed by atoms with Crippen LogP contribution in [-0.2, 0) is 26.0 Å². The van der Waals surface area contributed by atoms with Crippen LogP contribution in [0.5, 0.6) is 5.75 Å². The Morgan fingerprint density at radius 2 is 1.71 bits per heavy atom. The molecule has 12 heteroatoms. The first-order chi connectivity index (χ1) is 18.1. The Morgan fingerprint density at radius 1 is 1.05 bits per heavy atom. The number of amides is 2. The topological polar surface area (TPSA) is 145 Å². The fraction of sp³-hybridized carbons (Fsp3) is 0.423. The molecule has 0 radical (unpaired) electrons. The predicted molar refractivity (Wildman–Crippen MR) is 138 cm³/mol. The first kappa shape index (κ1) is 27.6. The van der Waals surface area contributed by atoms with Crippen molar-refractivity contribution in [3.8, 4) is 5.75 Å². The Balaban J connectivity index is 1.39. The Morgan fingerprint density at radius 3 is 2.34 bits per heavy atom. The first-order valence-corrected chi connectivity index (χ1v) is 14.0. The maximum Gasteiger partial charge on any atom is 0.415 e. The molecular weight excluding hydrogens is 512 g/mol. The third-order valence-electron chi connectivity index (χ3n) is 6.69. The normalized spacial score (nSPS) is 19.1. The zero-order valence-corrected chi connectivity index (χ0v) is 21.9. The predicted octanol–water partition coefficient (Wildman–Crippen LogP) is 1.36. The van der Waals surface area contributed by atoms with Crippen molar-refractivity contribution in [1.29, 1.82) is 0 Å². The van der Waals surface area contributed by atoms with Gasteiger partial charge in [-0.1, -0.05) is 29.8 Å². The maximum atomic E-state index is 13.2. The van der Waals surface area contributed by atoms with E-state index in [2.05, 4.69) is 10.6 Å².